The number of carbonyl (C=O) groups is 1. The highest BCUT2D eigenvalue weighted by molar-refractivity contribution is 5.79. The molecule has 8 heteroatoms. The fourth-order valence-electron chi connectivity index (χ4n) is 4.03. The number of amides is 1. The summed E-state index contributed by atoms with van der Waals surface area (Å²) in [5.74, 6) is 1.05. The van der Waals surface area contributed by atoms with Gasteiger partial charge in [-0.05, 0) is 32.1 Å². The molecule has 8 nitrogen and oxygen atoms in total. The Morgan fingerprint density at radius 3 is 2.39 bits per heavy atom. The van der Waals surface area contributed by atoms with E-state index in [1.165, 1.54) is 19.3 Å². The normalized spacial score (nSPS) is 18.3. The van der Waals surface area contributed by atoms with Gasteiger partial charge in [0.05, 0.1) is 24.3 Å². The highest BCUT2D eigenvalue weighted by Crippen LogP contribution is 2.24. The van der Waals surface area contributed by atoms with Gasteiger partial charge in [-0.1, -0.05) is 0 Å². The first kappa shape index (κ1) is 18.7. The van der Waals surface area contributed by atoms with E-state index < -0.39 is 0 Å². The summed E-state index contributed by atoms with van der Waals surface area (Å²) < 4.78 is 1.75. The molecule has 0 unspecified atom stereocenters. The third kappa shape index (κ3) is 4.43. The minimum atomic E-state index is 0.0708. The summed E-state index contributed by atoms with van der Waals surface area (Å²) in [7, 11) is 1.88. The van der Waals surface area contributed by atoms with Crippen molar-refractivity contribution in [3.63, 3.8) is 0 Å². The van der Waals surface area contributed by atoms with Gasteiger partial charge in [0.15, 0.2) is 0 Å². The number of nitrogens with zero attached hydrogens (tertiary/aromatic N) is 6. The van der Waals surface area contributed by atoms with E-state index in [-0.39, 0.29) is 11.8 Å². The average molecular weight is 384 g/mol. The maximum atomic E-state index is 12.5. The van der Waals surface area contributed by atoms with E-state index in [0.29, 0.717) is 6.54 Å². The lowest BCUT2D eigenvalue weighted by atomic mass is 9.95. The van der Waals surface area contributed by atoms with E-state index in [1.807, 2.05) is 25.6 Å². The Morgan fingerprint density at radius 2 is 1.75 bits per heavy atom. The van der Waals surface area contributed by atoms with Crippen LogP contribution in [0, 0.1) is 5.92 Å². The van der Waals surface area contributed by atoms with Gasteiger partial charge in [-0.3, -0.25) is 9.48 Å². The van der Waals surface area contributed by atoms with E-state index >= 15 is 0 Å². The highest BCUT2D eigenvalue weighted by Gasteiger charge is 2.25. The van der Waals surface area contributed by atoms with E-state index in [0.717, 1.165) is 56.2 Å². The van der Waals surface area contributed by atoms with Crippen molar-refractivity contribution in [1.82, 2.24) is 25.1 Å². The maximum absolute atomic E-state index is 12.5. The smallest absolute Gasteiger partial charge is 0.225 e. The molecule has 2 fully saturated rings. The second kappa shape index (κ2) is 8.58. The lowest BCUT2D eigenvalue weighted by Crippen LogP contribution is -2.40. The molecule has 4 rings (SSSR count). The van der Waals surface area contributed by atoms with Crippen molar-refractivity contribution in [2.45, 2.75) is 38.6 Å². The largest absolute Gasteiger partial charge is 0.369 e. The zero-order valence-electron chi connectivity index (χ0n) is 16.5. The second-order valence-corrected chi connectivity index (χ2v) is 7.79. The molecule has 0 atom stereocenters. The van der Waals surface area contributed by atoms with E-state index in [4.69, 9.17) is 0 Å². The fourth-order valence-corrected chi connectivity index (χ4v) is 4.03. The van der Waals surface area contributed by atoms with Crippen LogP contribution in [0.5, 0.6) is 0 Å². The first-order valence-corrected chi connectivity index (χ1v) is 10.3. The molecule has 1 amide bonds. The van der Waals surface area contributed by atoms with Gasteiger partial charge in [0.2, 0.25) is 11.9 Å². The number of nitrogens with one attached hydrogen (secondary N) is 1. The monoisotopic (exact) mass is 383 g/mol. The van der Waals surface area contributed by atoms with Crippen molar-refractivity contribution in [3.05, 3.63) is 30.4 Å². The van der Waals surface area contributed by atoms with Crippen LogP contribution in [-0.2, 0) is 18.4 Å². The van der Waals surface area contributed by atoms with Gasteiger partial charge in [-0.15, -0.1) is 0 Å². The van der Waals surface area contributed by atoms with Crippen LogP contribution in [0.3, 0.4) is 0 Å². The lowest BCUT2D eigenvalue weighted by Gasteiger charge is -2.33. The zero-order valence-corrected chi connectivity index (χ0v) is 16.5. The summed E-state index contributed by atoms with van der Waals surface area (Å²) in [6.45, 7) is 4.37. The average Bonchev–Trinajstić information content (AvgIpc) is 3.18. The molecule has 1 N–H and O–H groups in total. The number of aromatic nitrogens is 4. The minimum absolute atomic E-state index is 0.0708. The summed E-state index contributed by atoms with van der Waals surface area (Å²) in [5.41, 5.74) is 2.08. The third-order valence-corrected chi connectivity index (χ3v) is 5.72. The molecule has 150 valence electrons. The van der Waals surface area contributed by atoms with E-state index in [2.05, 4.69) is 30.2 Å². The molecule has 28 heavy (non-hydrogen) atoms. The first-order chi connectivity index (χ1) is 13.7. The van der Waals surface area contributed by atoms with Gasteiger partial charge in [0.25, 0.3) is 0 Å². The fraction of sp³-hybridized carbons (Fsp3) is 0.600. The number of aryl methyl sites for hydroxylation is 1. The topological polar surface area (TPSA) is 79.2 Å². The summed E-state index contributed by atoms with van der Waals surface area (Å²) in [6.07, 6.45) is 13.0. The maximum Gasteiger partial charge on any atom is 0.225 e. The molecular weight excluding hydrogens is 354 g/mol. The number of hydrogen-bond acceptors (Lipinski definition) is 6. The van der Waals surface area contributed by atoms with Crippen LogP contribution in [-0.4, -0.2) is 51.8 Å². The van der Waals surface area contributed by atoms with Gasteiger partial charge in [-0.25, -0.2) is 9.97 Å². The summed E-state index contributed by atoms with van der Waals surface area (Å²) in [4.78, 5) is 26.2. The summed E-state index contributed by atoms with van der Waals surface area (Å²) in [5, 5.41) is 7.17. The molecule has 0 aromatic carbocycles. The third-order valence-electron chi connectivity index (χ3n) is 5.72. The quantitative estimate of drug-likeness (QED) is 0.847. The highest BCUT2D eigenvalue weighted by atomic mass is 16.1. The summed E-state index contributed by atoms with van der Waals surface area (Å²) in [6, 6.07) is 0. The van der Waals surface area contributed by atoms with Crippen LogP contribution in [0.15, 0.2) is 24.8 Å². The second-order valence-electron chi connectivity index (χ2n) is 7.79. The molecule has 0 saturated carbocycles. The molecule has 2 saturated heterocycles. The van der Waals surface area contributed by atoms with Gasteiger partial charge >= 0.3 is 0 Å². The Bertz CT molecular complexity index is 774. The SMILES string of the molecule is Cn1cc(CNC(=O)C2CCN(c3cnc(N4CCCCC4)nc3)CC2)cn1. The van der Waals surface area contributed by atoms with Crippen molar-refractivity contribution in [3.8, 4) is 0 Å². The van der Waals surface area contributed by atoms with Crippen molar-refractivity contribution in [2.24, 2.45) is 13.0 Å². The van der Waals surface area contributed by atoms with Crippen molar-refractivity contribution >= 4 is 17.5 Å². The van der Waals surface area contributed by atoms with Crippen molar-refractivity contribution in [2.75, 3.05) is 36.0 Å². The minimum Gasteiger partial charge on any atom is -0.369 e. The predicted molar refractivity (Wildman–Crippen MR) is 108 cm³/mol. The molecule has 0 spiro atoms. The Balaban J connectivity index is 1.25. The van der Waals surface area contributed by atoms with Crippen molar-refractivity contribution < 1.29 is 4.79 Å². The first-order valence-electron chi connectivity index (χ1n) is 10.3. The molecule has 2 aliphatic rings. The Hall–Kier alpha value is -2.64. The number of hydrogen-bond donors (Lipinski definition) is 1. The number of carbonyl (C=O) groups excluding carboxylic acids is 1. The molecule has 0 bridgehead atoms. The van der Waals surface area contributed by atoms with Crippen LogP contribution in [0.1, 0.15) is 37.7 Å². The Kier molecular flexibility index (Phi) is 5.73. The molecular formula is C20H29N7O. The van der Waals surface area contributed by atoms with Crippen LogP contribution in [0.2, 0.25) is 0 Å². The number of rotatable bonds is 5. The molecule has 2 aromatic heterocycles. The van der Waals surface area contributed by atoms with E-state index in [1.54, 1.807) is 10.9 Å². The molecule has 2 aromatic rings. The molecule has 2 aliphatic heterocycles. The van der Waals surface area contributed by atoms with Crippen LogP contribution in [0.4, 0.5) is 11.6 Å². The van der Waals surface area contributed by atoms with Crippen LogP contribution in [0.25, 0.3) is 0 Å². The molecule has 0 aliphatic carbocycles. The molecule has 0 radical (unpaired) electrons. The van der Waals surface area contributed by atoms with E-state index in [9.17, 15) is 4.79 Å². The van der Waals surface area contributed by atoms with Crippen molar-refractivity contribution in [1.29, 1.82) is 0 Å². The Labute approximate surface area is 165 Å². The zero-order chi connectivity index (χ0) is 19.3. The summed E-state index contributed by atoms with van der Waals surface area (Å²) >= 11 is 0. The standard InChI is InChI=1S/C20H29N7O/c1-25-15-16(12-24-25)11-21-19(28)17-5-9-26(10-6-17)18-13-22-20(23-14-18)27-7-3-2-4-8-27/h12-15,17H,2-11H2,1H3,(H,21,28). The van der Waals surface area contributed by atoms with Gasteiger partial charge in [0.1, 0.15) is 0 Å². The van der Waals surface area contributed by atoms with Crippen LogP contribution >= 0.6 is 0 Å². The number of piperidine rings is 2. The lowest BCUT2D eigenvalue weighted by molar-refractivity contribution is -0.125. The van der Waals surface area contributed by atoms with Crippen LogP contribution < -0.4 is 15.1 Å². The van der Waals surface area contributed by atoms with Gasteiger partial charge in [-0.2, -0.15) is 5.10 Å². The predicted octanol–water partition coefficient (Wildman–Crippen LogP) is 1.73. The van der Waals surface area contributed by atoms with Gasteiger partial charge < -0.3 is 15.1 Å². The molecule has 4 heterocycles. The van der Waals surface area contributed by atoms with Gasteiger partial charge in [0, 0.05) is 57.4 Å². The Morgan fingerprint density at radius 1 is 1.04 bits per heavy atom. The number of anilines is 2.